The van der Waals surface area contributed by atoms with Gasteiger partial charge in [0, 0.05) is 18.1 Å². The highest BCUT2D eigenvalue weighted by molar-refractivity contribution is 7.92. The zero-order valence-electron chi connectivity index (χ0n) is 18.3. The normalized spacial score (nSPS) is 14.0. The summed E-state index contributed by atoms with van der Waals surface area (Å²) < 4.78 is 43.1. The summed E-state index contributed by atoms with van der Waals surface area (Å²) in [6.45, 7) is 1.48. The number of benzene rings is 3. The van der Waals surface area contributed by atoms with Crippen molar-refractivity contribution in [1.29, 1.82) is 0 Å². The summed E-state index contributed by atoms with van der Waals surface area (Å²) >= 11 is 18.2. The van der Waals surface area contributed by atoms with Gasteiger partial charge in [0.2, 0.25) is 0 Å². The van der Waals surface area contributed by atoms with Gasteiger partial charge in [-0.2, -0.15) is 0 Å². The van der Waals surface area contributed by atoms with E-state index >= 15 is 0 Å². The fourth-order valence-electron chi connectivity index (χ4n) is 3.87. The van der Waals surface area contributed by atoms with Gasteiger partial charge in [-0.15, -0.1) is 0 Å². The van der Waals surface area contributed by atoms with Gasteiger partial charge in [-0.1, -0.05) is 40.9 Å². The maximum absolute atomic E-state index is 14.4. The molecule has 3 aromatic carbocycles. The van der Waals surface area contributed by atoms with Crippen LogP contribution in [0.3, 0.4) is 0 Å². The topological polar surface area (TPSA) is 78.5 Å². The SMILES string of the molecule is O=C(Nc1cc(S(=O)(=O)Nc2cc(Cl)ccc2Cl)ccc1N1CCCCC1)c1c(F)cccc1Cl. The number of rotatable bonds is 6. The molecule has 3 aromatic rings. The van der Waals surface area contributed by atoms with E-state index in [0.717, 1.165) is 38.4 Å². The molecule has 184 valence electrons. The fraction of sp³-hybridized carbons (Fsp3) is 0.208. The Hall–Kier alpha value is -2.52. The van der Waals surface area contributed by atoms with Gasteiger partial charge in [-0.25, -0.2) is 12.8 Å². The lowest BCUT2D eigenvalue weighted by Crippen LogP contribution is -2.30. The number of nitrogens with zero attached hydrogens (tertiary/aromatic N) is 1. The van der Waals surface area contributed by atoms with E-state index in [0.29, 0.717) is 10.7 Å². The Morgan fingerprint density at radius 1 is 0.886 bits per heavy atom. The lowest BCUT2D eigenvalue weighted by atomic mass is 10.1. The molecular formula is C24H21Cl3FN3O3S. The molecule has 0 unspecified atom stereocenters. The molecule has 0 saturated carbocycles. The van der Waals surface area contributed by atoms with Gasteiger partial charge in [-0.05, 0) is 67.8 Å². The molecular weight excluding hydrogens is 536 g/mol. The molecule has 0 aliphatic carbocycles. The van der Waals surface area contributed by atoms with Crippen LogP contribution in [0.4, 0.5) is 21.5 Å². The first-order valence-corrected chi connectivity index (χ1v) is 13.4. The third-order valence-corrected chi connectivity index (χ3v) is 7.83. The van der Waals surface area contributed by atoms with Crippen LogP contribution in [0.25, 0.3) is 0 Å². The Labute approximate surface area is 218 Å². The largest absolute Gasteiger partial charge is 0.370 e. The standard InChI is InChI=1S/C24H21Cl3FN3O3S/c25-15-7-9-17(26)20(13-15)30-35(33,34)16-8-10-22(31-11-2-1-3-12-31)21(14-16)29-24(32)23-18(27)5-4-6-19(23)28/h4-10,13-14,30H,1-3,11-12H2,(H,29,32). The van der Waals surface area contributed by atoms with Crippen molar-refractivity contribution in [2.24, 2.45) is 0 Å². The van der Waals surface area contributed by atoms with Crippen LogP contribution < -0.4 is 14.9 Å². The highest BCUT2D eigenvalue weighted by Crippen LogP contribution is 2.34. The lowest BCUT2D eigenvalue weighted by Gasteiger charge is -2.31. The first-order chi connectivity index (χ1) is 16.7. The van der Waals surface area contributed by atoms with Crippen molar-refractivity contribution < 1.29 is 17.6 Å². The van der Waals surface area contributed by atoms with E-state index in [1.807, 2.05) is 0 Å². The van der Waals surface area contributed by atoms with E-state index in [9.17, 15) is 17.6 Å². The third kappa shape index (κ3) is 5.83. The Morgan fingerprint density at radius 2 is 1.63 bits per heavy atom. The molecule has 11 heteroatoms. The van der Waals surface area contributed by atoms with Gasteiger partial charge in [0.05, 0.1) is 37.6 Å². The van der Waals surface area contributed by atoms with Crippen LogP contribution >= 0.6 is 34.8 Å². The summed E-state index contributed by atoms with van der Waals surface area (Å²) in [4.78, 5) is 14.9. The van der Waals surface area contributed by atoms with Crippen molar-refractivity contribution in [1.82, 2.24) is 0 Å². The first-order valence-electron chi connectivity index (χ1n) is 10.8. The monoisotopic (exact) mass is 555 g/mol. The van der Waals surface area contributed by atoms with Gasteiger partial charge < -0.3 is 10.2 Å². The summed E-state index contributed by atoms with van der Waals surface area (Å²) in [7, 11) is -4.10. The Kier molecular flexibility index (Phi) is 7.76. The van der Waals surface area contributed by atoms with E-state index in [4.69, 9.17) is 34.8 Å². The van der Waals surface area contributed by atoms with Crippen LogP contribution in [0, 0.1) is 5.82 Å². The molecule has 0 bridgehead atoms. The molecule has 1 saturated heterocycles. The molecule has 0 spiro atoms. The van der Waals surface area contributed by atoms with Gasteiger partial charge >= 0.3 is 0 Å². The highest BCUT2D eigenvalue weighted by Gasteiger charge is 2.23. The van der Waals surface area contributed by atoms with E-state index in [2.05, 4.69) is 14.9 Å². The average Bonchev–Trinajstić information content (AvgIpc) is 2.82. The van der Waals surface area contributed by atoms with E-state index in [1.165, 1.54) is 42.5 Å². The Bertz CT molecular complexity index is 1360. The van der Waals surface area contributed by atoms with E-state index in [-0.39, 0.29) is 31.9 Å². The number of halogens is 4. The molecule has 1 amide bonds. The number of sulfonamides is 1. The van der Waals surface area contributed by atoms with E-state index in [1.54, 1.807) is 6.07 Å². The Morgan fingerprint density at radius 3 is 2.34 bits per heavy atom. The summed E-state index contributed by atoms with van der Waals surface area (Å²) in [5.41, 5.74) is 0.639. The number of piperidine rings is 1. The van der Waals surface area contributed by atoms with Crippen molar-refractivity contribution in [3.63, 3.8) is 0 Å². The summed E-state index contributed by atoms with van der Waals surface area (Å²) in [6, 6.07) is 12.7. The molecule has 4 rings (SSSR count). The number of hydrogen-bond donors (Lipinski definition) is 2. The number of hydrogen-bond acceptors (Lipinski definition) is 4. The smallest absolute Gasteiger partial charge is 0.262 e. The van der Waals surface area contributed by atoms with Crippen LogP contribution in [-0.4, -0.2) is 27.4 Å². The van der Waals surface area contributed by atoms with Crippen LogP contribution in [0.2, 0.25) is 15.1 Å². The molecule has 1 fully saturated rings. The molecule has 6 nitrogen and oxygen atoms in total. The molecule has 2 N–H and O–H groups in total. The van der Waals surface area contributed by atoms with Crippen LogP contribution in [0.5, 0.6) is 0 Å². The highest BCUT2D eigenvalue weighted by atomic mass is 35.5. The Balaban J connectivity index is 1.73. The van der Waals surface area contributed by atoms with Crippen LogP contribution in [0.15, 0.2) is 59.5 Å². The minimum atomic E-state index is -4.10. The van der Waals surface area contributed by atoms with Crippen LogP contribution in [-0.2, 0) is 10.0 Å². The first kappa shape index (κ1) is 25.6. The molecule has 35 heavy (non-hydrogen) atoms. The van der Waals surface area contributed by atoms with Crippen molar-refractivity contribution in [3.8, 4) is 0 Å². The summed E-state index contributed by atoms with van der Waals surface area (Å²) in [5.74, 6) is -1.57. The maximum atomic E-state index is 14.4. The number of carbonyl (C=O) groups is 1. The molecule has 0 aromatic heterocycles. The van der Waals surface area contributed by atoms with E-state index < -0.39 is 21.7 Å². The predicted octanol–water partition coefficient (Wildman–Crippen LogP) is 6.83. The van der Waals surface area contributed by atoms with Crippen LogP contribution in [0.1, 0.15) is 29.6 Å². The summed E-state index contributed by atoms with van der Waals surface area (Å²) in [6.07, 6.45) is 3.00. The quantitative estimate of drug-likeness (QED) is 0.349. The lowest BCUT2D eigenvalue weighted by molar-refractivity contribution is 0.102. The van der Waals surface area contributed by atoms with Crippen molar-refractivity contribution in [2.75, 3.05) is 28.0 Å². The number of nitrogens with one attached hydrogen (secondary N) is 2. The van der Waals surface area contributed by atoms with Gasteiger partial charge in [0.1, 0.15) is 5.82 Å². The second kappa shape index (κ2) is 10.6. The molecule has 1 heterocycles. The fourth-order valence-corrected chi connectivity index (χ4v) is 5.61. The van der Waals surface area contributed by atoms with Gasteiger partial charge in [0.25, 0.3) is 15.9 Å². The van der Waals surface area contributed by atoms with Gasteiger partial charge in [0.15, 0.2) is 0 Å². The molecule has 0 atom stereocenters. The molecule has 1 aliphatic rings. The van der Waals surface area contributed by atoms with Crippen molar-refractivity contribution in [3.05, 3.63) is 81.0 Å². The predicted molar refractivity (Wildman–Crippen MR) is 139 cm³/mol. The van der Waals surface area contributed by atoms with Gasteiger partial charge in [-0.3, -0.25) is 9.52 Å². The average molecular weight is 557 g/mol. The zero-order valence-corrected chi connectivity index (χ0v) is 21.4. The molecule has 0 radical (unpaired) electrons. The minimum absolute atomic E-state index is 0.0527. The number of anilines is 3. The maximum Gasteiger partial charge on any atom is 0.262 e. The van der Waals surface area contributed by atoms with Crippen molar-refractivity contribution in [2.45, 2.75) is 24.2 Å². The third-order valence-electron chi connectivity index (χ3n) is 5.59. The second-order valence-electron chi connectivity index (χ2n) is 8.01. The molecule has 1 aliphatic heterocycles. The zero-order chi connectivity index (χ0) is 25.2. The van der Waals surface area contributed by atoms with Crippen molar-refractivity contribution >= 4 is 67.8 Å². The number of carbonyl (C=O) groups excluding carboxylic acids is 1. The number of amides is 1. The second-order valence-corrected chi connectivity index (χ2v) is 10.9. The summed E-state index contributed by atoms with van der Waals surface area (Å²) in [5, 5.41) is 3.09. The minimum Gasteiger partial charge on any atom is -0.370 e.